The highest BCUT2D eigenvalue weighted by Crippen LogP contribution is 2.08. The quantitative estimate of drug-likeness (QED) is 0.726. The molecule has 1 aliphatic heterocycles. The third-order valence-electron chi connectivity index (χ3n) is 3.54. The molecule has 116 valence electrons. The van der Waals surface area contributed by atoms with Gasteiger partial charge in [0.15, 0.2) is 0 Å². The van der Waals surface area contributed by atoms with Crippen LogP contribution in [0.25, 0.3) is 0 Å². The maximum Gasteiger partial charge on any atom is 0.321 e. The highest BCUT2D eigenvalue weighted by atomic mass is 16.3. The lowest BCUT2D eigenvalue weighted by Gasteiger charge is -2.31. The van der Waals surface area contributed by atoms with E-state index in [1.54, 1.807) is 12.1 Å². The number of amides is 3. The van der Waals surface area contributed by atoms with Crippen molar-refractivity contribution < 1.29 is 14.0 Å². The van der Waals surface area contributed by atoms with Gasteiger partial charge in [-0.15, -0.1) is 0 Å². The zero-order valence-electron chi connectivity index (χ0n) is 12.2. The maximum atomic E-state index is 11.8. The van der Waals surface area contributed by atoms with Crippen molar-refractivity contribution in [2.75, 3.05) is 26.7 Å². The van der Waals surface area contributed by atoms with Gasteiger partial charge in [-0.05, 0) is 38.6 Å². The van der Waals surface area contributed by atoms with Crippen LogP contribution in [0.5, 0.6) is 0 Å². The number of likely N-dealkylation sites (tertiary alicyclic amines) is 1. The zero-order valence-corrected chi connectivity index (χ0v) is 12.2. The number of carbonyl (C=O) groups is 2. The second-order valence-electron chi connectivity index (χ2n) is 5.17. The van der Waals surface area contributed by atoms with Gasteiger partial charge >= 0.3 is 6.03 Å². The number of hydrogen-bond donors (Lipinski definition) is 3. The van der Waals surface area contributed by atoms with Crippen LogP contribution in [0.15, 0.2) is 22.8 Å². The third-order valence-corrected chi connectivity index (χ3v) is 3.54. The normalized spacial score (nSPS) is 19.2. The molecule has 0 aliphatic carbocycles. The van der Waals surface area contributed by atoms with Gasteiger partial charge in [-0.2, -0.15) is 0 Å². The molecule has 1 atom stereocenters. The Hall–Kier alpha value is -1.86. The number of piperidine rings is 1. The van der Waals surface area contributed by atoms with Crippen molar-refractivity contribution in [2.24, 2.45) is 0 Å². The molecular weight excluding hydrogens is 272 g/mol. The molecule has 3 N–H and O–H groups in total. The first-order valence-corrected chi connectivity index (χ1v) is 7.17. The molecule has 0 saturated carbocycles. The molecule has 21 heavy (non-hydrogen) atoms. The van der Waals surface area contributed by atoms with Crippen LogP contribution in [0.1, 0.15) is 18.6 Å². The second-order valence-corrected chi connectivity index (χ2v) is 5.17. The van der Waals surface area contributed by atoms with Gasteiger partial charge in [-0.3, -0.25) is 15.0 Å². The summed E-state index contributed by atoms with van der Waals surface area (Å²) in [5.41, 5.74) is 0. The summed E-state index contributed by atoms with van der Waals surface area (Å²) in [4.78, 5) is 25.5. The lowest BCUT2D eigenvalue weighted by Crippen LogP contribution is -2.49. The van der Waals surface area contributed by atoms with Crippen LogP contribution in [0.2, 0.25) is 0 Å². The van der Waals surface area contributed by atoms with Crippen LogP contribution in [-0.4, -0.2) is 49.6 Å². The van der Waals surface area contributed by atoms with Crippen molar-refractivity contribution in [1.29, 1.82) is 0 Å². The molecule has 1 saturated heterocycles. The van der Waals surface area contributed by atoms with E-state index >= 15 is 0 Å². The predicted molar refractivity (Wildman–Crippen MR) is 77.6 cm³/mol. The molecule has 2 rings (SSSR count). The van der Waals surface area contributed by atoms with Crippen molar-refractivity contribution in [3.8, 4) is 0 Å². The Bertz CT molecular complexity index is 461. The third kappa shape index (κ3) is 5.20. The van der Waals surface area contributed by atoms with E-state index < -0.39 is 6.03 Å². The minimum atomic E-state index is -0.501. The zero-order chi connectivity index (χ0) is 15.1. The molecule has 1 fully saturated rings. The Morgan fingerprint density at radius 3 is 3.05 bits per heavy atom. The van der Waals surface area contributed by atoms with Gasteiger partial charge in [0.05, 0.1) is 19.4 Å². The number of nitrogens with zero attached hydrogens (tertiary/aromatic N) is 1. The number of rotatable bonds is 5. The first-order valence-electron chi connectivity index (χ1n) is 7.17. The summed E-state index contributed by atoms with van der Waals surface area (Å²) in [7, 11) is 1.93. The van der Waals surface area contributed by atoms with Crippen molar-refractivity contribution in [3.05, 3.63) is 24.2 Å². The maximum absolute atomic E-state index is 11.8. The van der Waals surface area contributed by atoms with Gasteiger partial charge in [0.1, 0.15) is 5.76 Å². The van der Waals surface area contributed by atoms with E-state index in [-0.39, 0.29) is 19.0 Å². The summed E-state index contributed by atoms with van der Waals surface area (Å²) >= 11 is 0. The monoisotopic (exact) mass is 294 g/mol. The van der Waals surface area contributed by atoms with Crippen molar-refractivity contribution in [3.63, 3.8) is 0 Å². The largest absolute Gasteiger partial charge is 0.467 e. The number of urea groups is 1. The SMILES string of the molecule is CNC1CCCN(CC(=O)NC(=O)NCc2ccco2)C1. The van der Waals surface area contributed by atoms with Crippen LogP contribution < -0.4 is 16.0 Å². The molecule has 1 aliphatic rings. The second kappa shape index (κ2) is 7.80. The van der Waals surface area contributed by atoms with E-state index in [9.17, 15) is 9.59 Å². The smallest absolute Gasteiger partial charge is 0.321 e. The van der Waals surface area contributed by atoms with Gasteiger partial charge in [-0.1, -0.05) is 0 Å². The lowest BCUT2D eigenvalue weighted by molar-refractivity contribution is -0.121. The lowest BCUT2D eigenvalue weighted by atomic mass is 10.1. The molecule has 7 heteroatoms. The Kier molecular flexibility index (Phi) is 5.77. The van der Waals surface area contributed by atoms with Crippen molar-refractivity contribution in [1.82, 2.24) is 20.9 Å². The van der Waals surface area contributed by atoms with Gasteiger partial charge in [-0.25, -0.2) is 4.79 Å². The van der Waals surface area contributed by atoms with Gasteiger partial charge < -0.3 is 15.1 Å². The summed E-state index contributed by atoms with van der Waals surface area (Å²) in [5, 5.41) is 8.13. The Morgan fingerprint density at radius 2 is 2.33 bits per heavy atom. The average molecular weight is 294 g/mol. The first-order chi connectivity index (χ1) is 10.2. The Morgan fingerprint density at radius 1 is 1.48 bits per heavy atom. The van der Waals surface area contributed by atoms with Crippen molar-refractivity contribution >= 4 is 11.9 Å². The molecule has 0 radical (unpaired) electrons. The van der Waals surface area contributed by atoms with E-state index in [0.717, 1.165) is 25.9 Å². The summed E-state index contributed by atoms with van der Waals surface area (Å²) in [6.45, 7) is 2.22. The average Bonchev–Trinajstić information content (AvgIpc) is 2.98. The van der Waals surface area contributed by atoms with Crippen LogP contribution >= 0.6 is 0 Å². The Labute approximate surface area is 124 Å². The molecule has 0 spiro atoms. The fraction of sp³-hybridized carbons (Fsp3) is 0.571. The number of nitrogens with one attached hydrogen (secondary N) is 3. The van der Waals surface area contributed by atoms with Crippen LogP contribution in [0.3, 0.4) is 0 Å². The number of hydrogen-bond acceptors (Lipinski definition) is 5. The molecule has 0 aromatic carbocycles. The van der Waals surface area contributed by atoms with Crippen molar-refractivity contribution in [2.45, 2.75) is 25.4 Å². The van der Waals surface area contributed by atoms with E-state index in [1.807, 2.05) is 7.05 Å². The fourth-order valence-corrected chi connectivity index (χ4v) is 2.43. The molecule has 1 unspecified atom stereocenters. The molecular formula is C14H22N4O3. The van der Waals surface area contributed by atoms with Gasteiger partial charge in [0, 0.05) is 12.6 Å². The number of imide groups is 1. The Balaban J connectivity index is 1.67. The number of furan rings is 1. The number of carbonyl (C=O) groups excluding carboxylic acids is 2. The number of likely N-dealkylation sites (N-methyl/N-ethyl adjacent to an activating group) is 1. The fourth-order valence-electron chi connectivity index (χ4n) is 2.43. The predicted octanol–water partition coefficient (Wildman–Crippen LogP) is 0.289. The molecule has 0 bridgehead atoms. The summed E-state index contributed by atoms with van der Waals surface area (Å²) in [5.74, 6) is 0.356. The summed E-state index contributed by atoms with van der Waals surface area (Å²) in [6, 6.07) is 3.42. The topological polar surface area (TPSA) is 86.6 Å². The van der Waals surface area contributed by atoms with E-state index in [4.69, 9.17) is 4.42 Å². The highest BCUT2D eigenvalue weighted by Gasteiger charge is 2.20. The summed E-state index contributed by atoms with van der Waals surface area (Å²) in [6.07, 6.45) is 3.72. The van der Waals surface area contributed by atoms with E-state index in [0.29, 0.717) is 11.8 Å². The molecule has 1 aromatic rings. The van der Waals surface area contributed by atoms with Crippen LogP contribution in [0, 0.1) is 0 Å². The standard InChI is InChI=1S/C14H22N4O3/c1-15-11-4-2-6-18(9-11)10-13(19)17-14(20)16-8-12-5-3-7-21-12/h3,5,7,11,15H,2,4,6,8-10H2,1H3,(H2,16,17,19,20). The van der Waals surface area contributed by atoms with Crippen LogP contribution in [-0.2, 0) is 11.3 Å². The van der Waals surface area contributed by atoms with E-state index in [2.05, 4.69) is 20.9 Å². The van der Waals surface area contributed by atoms with Gasteiger partial charge in [0.25, 0.3) is 0 Å². The molecule has 3 amide bonds. The molecule has 1 aromatic heterocycles. The summed E-state index contributed by atoms with van der Waals surface area (Å²) < 4.78 is 5.09. The van der Waals surface area contributed by atoms with E-state index in [1.165, 1.54) is 6.26 Å². The highest BCUT2D eigenvalue weighted by molar-refractivity contribution is 5.95. The van der Waals surface area contributed by atoms with Crippen LogP contribution in [0.4, 0.5) is 4.79 Å². The molecule has 2 heterocycles. The molecule has 7 nitrogen and oxygen atoms in total. The van der Waals surface area contributed by atoms with Gasteiger partial charge in [0.2, 0.25) is 5.91 Å². The minimum absolute atomic E-state index is 0.242. The first kappa shape index (κ1) is 15.5. The minimum Gasteiger partial charge on any atom is -0.467 e.